The zero-order valence-electron chi connectivity index (χ0n) is 16.2. The Balaban J connectivity index is 0.00000576. The zero-order chi connectivity index (χ0) is 18.2. The minimum absolute atomic E-state index is 0. The van der Waals surface area contributed by atoms with E-state index in [1.54, 1.807) is 7.05 Å². The number of nitrogens with one attached hydrogen (secondary N) is 3. The van der Waals surface area contributed by atoms with Crippen LogP contribution in [0.15, 0.2) is 4.99 Å². The van der Waals surface area contributed by atoms with Gasteiger partial charge in [-0.15, -0.1) is 24.0 Å². The largest absolute Gasteiger partial charge is 0.356 e. The third-order valence-electron chi connectivity index (χ3n) is 4.50. The molecule has 1 rings (SSSR count). The second kappa shape index (κ2) is 12.1. The first-order valence-electron chi connectivity index (χ1n) is 8.96. The highest BCUT2D eigenvalue weighted by Crippen LogP contribution is 2.23. The number of amides is 1. The predicted octanol–water partition coefficient (Wildman–Crippen LogP) is 2.01. The van der Waals surface area contributed by atoms with E-state index in [1.807, 2.05) is 27.7 Å². The molecule has 3 N–H and O–H groups in total. The van der Waals surface area contributed by atoms with Crippen LogP contribution in [0.2, 0.25) is 0 Å². The van der Waals surface area contributed by atoms with Crippen molar-refractivity contribution in [2.24, 2.45) is 10.4 Å². The van der Waals surface area contributed by atoms with Crippen molar-refractivity contribution >= 4 is 46.6 Å². The van der Waals surface area contributed by atoms with Crippen LogP contribution in [0.25, 0.3) is 0 Å². The standard InChI is InChI=1S/C17H34N4O2S.HI/c1-6-19-15(22)17(3,4)12-20-16(18-5)21-13-9-8-10-14(11-13)24(23)7-2;/h13-14H,6-12H2,1-5H3,(H,19,22)(H2,18,20,21);1H. The first-order chi connectivity index (χ1) is 11.3. The summed E-state index contributed by atoms with van der Waals surface area (Å²) in [7, 11) is 1.00. The number of nitrogens with zero attached hydrogens (tertiary/aromatic N) is 1. The molecule has 0 heterocycles. The van der Waals surface area contributed by atoms with Gasteiger partial charge in [-0.25, -0.2) is 0 Å². The fourth-order valence-corrected chi connectivity index (χ4v) is 4.27. The molecule has 6 nitrogen and oxygen atoms in total. The number of carbonyl (C=O) groups is 1. The molecule has 0 aromatic carbocycles. The average molecular weight is 486 g/mol. The first-order valence-corrected chi connectivity index (χ1v) is 10.3. The number of rotatable bonds is 7. The van der Waals surface area contributed by atoms with Crippen molar-refractivity contribution in [3.8, 4) is 0 Å². The van der Waals surface area contributed by atoms with Gasteiger partial charge in [-0.1, -0.05) is 13.3 Å². The molecule has 1 aliphatic rings. The molecule has 0 saturated heterocycles. The molecule has 3 unspecified atom stereocenters. The van der Waals surface area contributed by atoms with Gasteiger partial charge in [0.25, 0.3) is 0 Å². The van der Waals surface area contributed by atoms with Gasteiger partial charge in [-0.2, -0.15) is 0 Å². The van der Waals surface area contributed by atoms with E-state index in [0.717, 1.165) is 31.4 Å². The van der Waals surface area contributed by atoms with Crippen LogP contribution in [0.4, 0.5) is 0 Å². The average Bonchev–Trinajstić information content (AvgIpc) is 2.58. The van der Waals surface area contributed by atoms with Crippen molar-refractivity contribution in [1.82, 2.24) is 16.0 Å². The van der Waals surface area contributed by atoms with Crippen molar-refractivity contribution in [1.29, 1.82) is 0 Å². The minimum Gasteiger partial charge on any atom is -0.356 e. The Bertz CT molecular complexity index is 472. The fourth-order valence-electron chi connectivity index (χ4n) is 2.92. The van der Waals surface area contributed by atoms with E-state index in [4.69, 9.17) is 0 Å². The third kappa shape index (κ3) is 8.23. The van der Waals surface area contributed by atoms with Gasteiger partial charge in [-0.05, 0) is 40.0 Å². The molecular weight excluding hydrogens is 451 g/mol. The van der Waals surface area contributed by atoms with E-state index in [2.05, 4.69) is 20.9 Å². The molecule has 3 atom stereocenters. The Morgan fingerprint density at radius 2 is 1.92 bits per heavy atom. The van der Waals surface area contributed by atoms with Crippen LogP contribution in [0.1, 0.15) is 53.4 Å². The molecule has 0 aromatic heterocycles. The van der Waals surface area contributed by atoms with Gasteiger partial charge < -0.3 is 16.0 Å². The number of guanidine groups is 1. The Hall–Kier alpha value is -0.380. The summed E-state index contributed by atoms with van der Waals surface area (Å²) in [6.07, 6.45) is 4.13. The summed E-state index contributed by atoms with van der Waals surface area (Å²) in [5.41, 5.74) is -0.508. The van der Waals surface area contributed by atoms with Crippen LogP contribution in [-0.2, 0) is 15.6 Å². The summed E-state index contributed by atoms with van der Waals surface area (Å²) in [4.78, 5) is 16.3. The number of hydrogen-bond acceptors (Lipinski definition) is 3. The molecule has 0 aliphatic heterocycles. The summed E-state index contributed by atoms with van der Waals surface area (Å²) in [6.45, 7) is 8.88. The minimum atomic E-state index is -0.731. The summed E-state index contributed by atoms with van der Waals surface area (Å²) in [5, 5.41) is 9.83. The highest BCUT2D eigenvalue weighted by atomic mass is 127. The number of halogens is 1. The van der Waals surface area contributed by atoms with Crippen molar-refractivity contribution in [2.75, 3.05) is 25.9 Å². The van der Waals surface area contributed by atoms with Crippen molar-refractivity contribution in [2.45, 2.75) is 64.7 Å². The summed E-state index contributed by atoms with van der Waals surface area (Å²) in [6, 6.07) is 0.290. The lowest BCUT2D eigenvalue weighted by Crippen LogP contribution is -2.51. The van der Waals surface area contributed by atoms with E-state index in [9.17, 15) is 9.00 Å². The van der Waals surface area contributed by atoms with Crippen LogP contribution in [0, 0.1) is 5.41 Å². The molecular formula is C17H35IN4O2S. The monoisotopic (exact) mass is 486 g/mol. The Morgan fingerprint density at radius 1 is 1.24 bits per heavy atom. The van der Waals surface area contributed by atoms with Gasteiger partial charge in [0.1, 0.15) is 0 Å². The Morgan fingerprint density at radius 3 is 2.48 bits per heavy atom. The normalized spacial score (nSPS) is 22.5. The third-order valence-corrected chi connectivity index (χ3v) is 6.24. The number of aliphatic imine (C=N–C) groups is 1. The molecule has 1 saturated carbocycles. The van der Waals surface area contributed by atoms with Gasteiger partial charge in [0, 0.05) is 48.0 Å². The second-order valence-corrected chi connectivity index (χ2v) is 8.97. The zero-order valence-corrected chi connectivity index (χ0v) is 19.3. The van der Waals surface area contributed by atoms with E-state index in [1.165, 1.54) is 0 Å². The molecule has 8 heteroatoms. The molecule has 0 bridgehead atoms. The van der Waals surface area contributed by atoms with Gasteiger partial charge in [0.15, 0.2) is 5.96 Å². The van der Waals surface area contributed by atoms with E-state index < -0.39 is 16.2 Å². The lowest BCUT2D eigenvalue weighted by Gasteiger charge is -2.31. The molecule has 25 heavy (non-hydrogen) atoms. The smallest absolute Gasteiger partial charge is 0.227 e. The van der Waals surface area contributed by atoms with Gasteiger partial charge in [-0.3, -0.25) is 14.0 Å². The van der Waals surface area contributed by atoms with Crippen LogP contribution >= 0.6 is 24.0 Å². The number of hydrogen-bond donors (Lipinski definition) is 3. The molecule has 1 amide bonds. The van der Waals surface area contributed by atoms with Crippen molar-refractivity contribution < 1.29 is 9.00 Å². The topological polar surface area (TPSA) is 82.6 Å². The second-order valence-electron chi connectivity index (χ2n) is 6.97. The summed E-state index contributed by atoms with van der Waals surface area (Å²) >= 11 is 0. The maximum absolute atomic E-state index is 12.1. The first kappa shape index (κ1) is 24.6. The van der Waals surface area contributed by atoms with Crippen LogP contribution in [-0.4, -0.2) is 53.3 Å². The molecule has 0 spiro atoms. The molecule has 1 aliphatic carbocycles. The maximum atomic E-state index is 12.1. The quantitative estimate of drug-likeness (QED) is 0.292. The SMILES string of the molecule is CCNC(=O)C(C)(C)CNC(=NC)NC1CCCC(S(=O)CC)C1.I. The van der Waals surface area contributed by atoms with Crippen LogP contribution in [0.3, 0.4) is 0 Å². The fraction of sp³-hybridized carbons (Fsp3) is 0.882. The summed E-state index contributed by atoms with van der Waals surface area (Å²) in [5.74, 6) is 1.47. The lowest BCUT2D eigenvalue weighted by atomic mass is 9.92. The van der Waals surface area contributed by atoms with Crippen molar-refractivity contribution in [3.05, 3.63) is 0 Å². The molecule has 148 valence electrons. The molecule has 1 fully saturated rings. The highest BCUT2D eigenvalue weighted by Gasteiger charge is 2.29. The van der Waals surface area contributed by atoms with Crippen LogP contribution in [0.5, 0.6) is 0 Å². The van der Waals surface area contributed by atoms with E-state index >= 15 is 0 Å². The Labute approximate surface area is 172 Å². The lowest BCUT2D eigenvalue weighted by molar-refractivity contribution is -0.128. The highest BCUT2D eigenvalue weighted by molar-refractivity contribution is 14.0. The molecule has 0 radical (unpaired) electrons. The van der Waals surface area contributed by atoms with E-state index in [-0.39, 0.29) is 41.2 Å². The van der Waals surface area contributed by atoms with Gasteiger partial charge >= 0.3 is 0 Å². The maximum Gasteiger partial charge on any atom is 0.227 e. The van der Waals surface area contributed by atoms with E-state index in [0.29, 0.717) is 19.0 Å². The van der Waals surface area contributed by atoms with Gasteiger partial charge in [0.2, 0.25) is 5.91 Å². The predicted molar refractivity (Wildman–Crippen MR) is 117 cm³/mol. The number of carbonyl (C=O) groups excluding carboxylic acids is 1. The molecule has 0 aromatic rings. The summed E-state index contributed by atoms with van der Waals surface area (Å²) < 4.78 is 12.1. The van der Waals surface area contributed by atoms with Crippen LogP contribution < -0.4 is 16.0 Å². The Kier molecular flexibility index (Phi) is 11.9. The van der Waals surface area contributed by atoms with Gasteiger partial charge in [0.05, 0.1) is 5.41 Å². The van der Waals surface area contributed by atoms with Crippen molar-refractivity contribution in [3.63, 3.8) is 0 Å².